The van der Waals surface area contributed by atoms with Crippen LogP contribution in [0.1, 0.15) is 125 Å². The van der Waals surface area contributed by atoms with Gasteiger partial charge in [0, 0.05) is 31.2 Å². The van der Waals surface area contributed by atoms with Gasteiger partial charge < -0.3 is 10.4 Å². The number of nitrogens with zero attached hydrogens (tertiary/aromatic N) is 1. The van der Waals surface area contributed by atoms with Crippen molar-refractivity contribution in [3.63, 3.8) is 0 Å². The van der Waals surface area contributed by atoms with Crippen molar-refractivity contribution in [3.05, 3.63) is 35.5 Å². The molecule has 2 aliphatic heterocycles. The van der Waals surface area contributed by atoms with E-state index >= 15 is 0 Å². The molecular formula is C43H68N2O4S. The fourth-order valence-corrected chi connectivity index (χ4v) is 17.6. The van der Waals surface area contributed by atoms with Crippen molar-refractivity contribution < 1.29 is 19.0 Å². The molecule has 8 aliphatic rings. The van der Waals surface area contributed by atoms with Crippen molar-refractivity contribution in [2.75, 3.05) is 25.4 Å². The van der Waals surface area contributed by atoms with Crippen LogP contribution >= 0.6 is 10.6 Å². The van der Waals surface area contributed by atoms with Gasteiger partial charge in [-0.3, -0.25) is 18.8 Å². The van der Waals surface area contributed by atoms with E-state index in [0.717, 1.165) is 45.3 Å². The smallest absolute Gasteiger partial charge is 0.306 e. The van der Waals surface area contributed by atoms with Crippen molar-refractivity contribution in [2.24, 2.45) is 57.2 Å². The van der Waals surface area contributed by atoms with Crippen LogP contribution in [-0.4, -0.2) is 67.3 Å². The Morgan fingerprint density at radius 3 is 2.40 bits per heavy atom. The number of hydrogen-bond acceptors (Lipinski definition) is 5. The molecule has 50 heavy (non-hydrogen) atoms. The van der Waals surface area contributed by atoms with E-state index in [2.05, 4.69) is 70.5 Å². The molecule has 0 spiro atoms. The third-order valence-electron chi connectivity index (χ3n) is 18.1. The van der Waals surface area contributed by atoms with Gasteiger partial charge in [0.05, 0.1) is 16.9 Å². The molecule has 4 N–H and O–H groups in total. The Hall–Kier alpha value is -1.12. The lowest BCUT2D eigenvalue weighted by molar-refractivity contribution is -0.221. The van der Waals surface area contributed by atoms with Gasteiger partial charge in [-0.05, 0) is 153 Å². The van der Waals surface area contributed by atoms with Gasteiger partial charge in [0.2, 0.25) is 0 Å². The lowest BCUT2D eigenvalue weighted by Crippen LogP contribution is -2.68. The summed E-state index contributed by atoms with van der Waals surface area (Å²) in [6, 6.07) is 0.354. The molecule has 280 valence electrons. The van der Waals surface area contributed by atoms with Crippen LogP contribution < -0.4 is 5.32 Å². The Morgan fingerprint density at radius 2 is 1.76 bits per heavy atom. The molecule has 6 fully saturated rings. The van der Waals surface area contributed by atoms with E-state index in [4.69, 9.17) is 0 Å². The fraction of sp³-hybridized carbons (Fsp3) is 0.837. The average molecular weight is 709 g/mol. The van der Waals surface area contributed by atoms with Crippen LogP contribution in [-0.2, 0) is 4.79 Å². The summed E-state index contributed by atoms with van der Waals surface area (Å²) in [5.41, 5.74) is 5.56. The first-order valence-electron chi connectivity index (χ1n) is 20.5. The van der Waals surface area contributed by atoms with Crippen LogP contribution in [0, 0.1) is 57.2 Å². The molecule has 0 aromatic carbocycles. The number of carbonyl (C=O) groups is 1. The largest absolute Gasteiger partial charge is 0.481 e. The molecule has 2 saturated heterocycles. The summed E-state index contributed by atoms with van der Waals surface area (Å²) in [6.45, 7) is 23.0. The molecule has 0 unspecified atom stereocenters. The van der Waals surface area contributed by atoms with Crippen LogP contribution in [0.5, 0.6) is 0 Å². The van der Waals surface area contributed by atoms with Crippen LogP contribution in [0.25, 0.3) is 0 Å². The van der Waals surface area contributed by atoms with E-state index in [1.54, 1.807) is 0 Å². The summed E-state index contributed by atoms with van der Waals surface area (Å²) in [5.74, 6) is 3.04. The number of hydrogen-bond donors (Lipinski definition) is 4. The lowest BCUT2D eigenvalue weighted by atomic mass is 9.33. The summed E-state index contributed by atoms with van der Waals surface area (Å²) >= 11 is 0. The average Bonchev–Trinajstić information content (AvgIpc) is 3.72. The number of nitrogens with one attached hydrogen (secondary N) is 1. The maximum absolute atomic E-state index is 11.7. The highest BCUT2D eigenvalue weighted by atomic mass is 32.3. The van der Waals surface area contributed by atoms with Gasteiger partial charge >= 0.3 is 5.97 Å². The third-order valence-corrected chi connectivity index (χ3v) is 20.4. The maximum atomic E-state index is 11.7. The summed E-state index contributed by atoms with van der Waals surface area (Å²) in [4.78, 5) is 14.2. The van der Waals surface area contributed by atoms with E-state index in [0.29, 0.717) is 58.6 Å². The molecule has 0 aromatic heterocycles. The monoisotopic (exact) mass is 708 g/mol. The van der Waals surface area contributed by atoms with E-state index in [1.165, 1.54) is 68.1 Å². The van der Waals surface area contributed by atoms with Crippen molar-refractivity contribution in [1.29, 1.82) is 0 Å². The van der Waals surface area contributed by atoms with Crippen LogP contribution in [0.15, 0.2) is 35.5 Å². The van der Waals surface area contributed by atoms with Gasteiger partial charge in [0.15, 0.2) is 0 Å². The first kappa shape index (κ1) is 35.9. The molecule has 8 rings (SSSR count). The molecule has 6 aliphatic carbocycles. The van der Waals surface area contributed by atoms with Crippen molar-refractivity contribution in [1.82, 2.24) is 10.2 Å². The van der Waals surface area contributed by atoms with Gasteiger partial charge in [-0.15, -0.1) is 0 Å². The Labute approximate surface area is 304 Å². The zero-order valence-electron chi connectivity index (χ0n) is 32.1. The molecule has 6 nitrogen and oxygen atoms in total. The predicted molar refractivity (Wildman–Crippen MR) is 205 cm³/mol. The first-order chi connectivity index (χ1) is 23.5. The number of likely N-dealkylation sites (tertiary alicyclic amines) is 1. The number of carboxylic acid groups (broad SMARTS) is 1. The standard InChI is InChI=1S/C43H68N2O4S/c1-27(2)32-14-19-43(44-22-23-45-25-31-24-30(45)26-50(31,48)49)21-20-41(6)34(37(32)43)12-13-36-40(5)17-15-33(28-8-10-29(11-9-28)38(46)47)39(3,4)35(40)16-18-42(36,41)7/h8,15,29-32,34-37,44,48-49H,1,9-14,16-26H2,2-7H3,(H,46,47)/t29-,30+,31+,32+,34-,35+,36-,37-,40+,41-,42-,43+/m1/s1. The maximum Gasteiger partial charge on any atom is 0.306 e. The predicted octanol–water partition coefficient (Wildman–Crippen LogP) is 9.54. The number of fused-ring (bicyclic) bond motifs is 9. The van der Waals surface area contributed by atoms with E-state index in [9.17, 15) is 19.0 Å². The molecule has 2 heterocycles. The van der Waals surface area contributed by atoms with E-state index in [-0.39, 0.29) is 27.5 Å². The zero-order valence-corrected chi connectivity index (χ0v) is 32.9. The van der Waals surface area contributed by atoms with Crippen LogP contribution in [0.3, 0.4) is 0 Å². The SMILES string of the molecule is C=C(C)[C@@H]1CC[C@]2(NCCN3C[C@@H]4C[C@H]3CS4(O)O)CC[C@]3(C)[C@H](CC[C@@H]4[C@@]5(C)CC=C(C6=CC[C@@H](C(=O)O)CC6)C(C)(C)[C@@H]5CC[C@]43C)[C@@H]12. The Balaban J connectivity index is 1.03. The molecular weight excluding hydrogens is 641 g/mol. The highest BCUT2D eigenvalue weighted by molar-refractivity contribution is 8.25. The zero-order chi connectivity index (χ0) is 35.6. The van der Waals surface area contributed by atoms with Crippen LogP contribution in [0.4, 0.5) is 0 Å². The minimum atomic E-state index is -2.36. The highest BCUT2D eigenvalue weighted by Crippen LogP contribution is 2.76. The number of carboxylic acids is 1. The number of rotatable bonds is 7. The normalized spacial score (nSPS) is 49.5. The van der Waals surface area contributed by atoms with Crippen molar-refractivity contribution >= 4 is 16.6 Å². The molecule has 12 atom stereocenters. The Morgan fingerprint density at radius 1 is 0.980 bits per heavy atom. The van der Waals surface area contributed by atoms with E-state index in [1.807, 2.05) is 0 Å². The minimum absolute atomic E-state index is 0.0914. The lowest BCUT2D eigenvalue weighted by Gasteiger charge is -2.72. The molecule has 4 saturated carbocycles. The molecule has 0 amide bonds. The van der Waals surface area contributed by atoms with Crippen molar-refractivity contribution in [3.8, 4) is 0 Å². The van der Waals surface area contributed by atoms with Crippen molar-refractivity contribution in [2.45, 2.75) is 142 Å². The second-order valence-electron chi connectivity index (χ2n) is 20.2. The van der Waals surface area contributed by atoms with Gasteiger partial charge in [-0.25, -0.2) is 0 Å². The second kappa shape index (κ2) is 11.9. The van der Waals surface area contributed by atoms with Crippen LogP contribution in [0.2, 0.25) is 0 Å². The third kappa shape index (κ3) is 5.04. The van der Waals surface area contributed by atoms with E-state index < -0.39 is 16.6 Å². The van der Waals surface area contributed by atoms with Gasteiger partial charge in [0.1, 0.15) is 0 Å². The van der Waals surface area contributed by atoms with Gasteiger partial charge in [0.25, 0.3) is 0 Å². The van der Waals surface area contributed by atoms with Gasteiger partial charge in [-0.2, -0.15) is 10.6 Å². The highest BCUT2D eigenvalue weighted by Gasteiger charge is 2.70. The first-order valence-corrected chi connectivity index (χ1v) is 22.3. The fourth-order valence-electron chi connectivity index (χ4n) is 15.4. The molecule has 0 radical (unpaired) electrons. The molecule has 2 bridgehead atoms. The quantitative estimate of drug-likeness (QED) is 0.197. The number of aliphatic carboxylic acids is 1. The Kier molecular flexibility index (Phi) is 8.57. The molecule has 7 heteroatoms. The summed E-state index contributed by atoms with van der Waals surface area (Å²) in [7, 11) is -2.36. The topological polar surface area (TPSA) is 93.0 Å². The summed E-state index contributed by atoms with van der Waals surface area (Å²) in [5, 5.41) is 14.0. The summed E-state index contributed by atoms with van der Waals surface area (Å²) < 4.78 is 20.9. The summed E-state index contributed by atoms with van der Waals surface area (Å²) in [6.07, 6.45) is 19.8. The Bertz CT molecular complexity index is 1490. The van der Waals surface area contributed by atoms with Gasteiger partial charge in [-0.1, -0.05) is 58.9 Å². The second-order valence-corrected chi connectivity index (χ2v) is 22.7. The number of allylic oxidation sites excluding steroid dienone is 5. The molecule has 0 aromatic rings. The minimum Gasteiger partial charge on any atom is -0.481 e.